The molecule has 3 aliphatic rings. The van der Waals surface area contributed by atoms with Gasteiger partial charge in [-0.1, -0.05) is 0 Å². The average molecular weight is 297 g/mol. The van der Waals surface area contributed by atoms with Gasteiger partial charge in [-0.05, 0) is 51.5 Å². The summed E-state index contributed by atoms with van der Waals surface area (Å²) in [7, 11) is -3.06. The van der Waals surface area contributed by atoms with Crippen LogP contribution in [0.25, 0.3) is 0 Å². The van der Waals surface area contributed by atoms with Crippen molar-refractivity contribution in [3.8, 4) is 0 Å². The Hall–Kier alpha value is -0.880. The molecule has 5 nitrogen and oxygen atoms in total. The molecular formula is C14H23N3O2S. The van der Waals surface area contributed by atoms with Gasteiger partial charge in [0.05, 0.1) is 11.3 Å². The second kappa shape index (κ2) is 4.84. The van der Waals surface area contributed by atoms with E-state index in [4.69, 9.17) is 0 Å². The number of sulfonamides is 1. The number of rotatable bonds is 4. The minimum Gasteiger partial charge on any atom is -0.334 e. The minimum absolute atomic E-state index is 0.129. The maximum Gasteiger partial charge on any atom is 0.214 e. The van der Waals surface area contributed by atoms with E-state index in [-0.39, 0.29) is 11.3 Å². The Morgan fingerprint density at radius 1 is 1.35 bits per heavy atom. The van der Waals surface area contributed by atoms with Crippen LogP contribution >= 0.6 is 0 Å². The second-order valence-corrected chi connectivity index (χ2v) is 8.30. The van der Waals surface area contributed by atoms with Crippen LogP contribution in [0.15, 0.2) is 16.3 Å². The quantitative estimate of drug-likeness (QED) is 0.855. The molecule has 0 bridgehead atoms. The number of nitrogens with one attached hydrogen (secondary N) is 1. The van der Waals surface area contributed by atoms with Crippen LogP contribution < -0.4 is 4.72 Å². The van der Waals surface area contributed by atoms with Crippen molar-refractivity contribution in [3.63, 3.8) is 0 Å². The van der Waals surface area contributed by atoms with Crippen LogP contribution in [0.4, 0.5) is 0 Å². The molecule has 112 valence electrons. The average Bonchev–Trinajstić information content (AvgIpc) is 3.15. The number of fused-ring (bicyclic) bond motifs is 1. The van der Waals surface area contributed by atoms with Crippen molar-refractivity contribution >= 4 is 15.9 Å². The van der Waals surface area contributed by atoms with Gasteiger partial charge in [0.15, 0.2) is 0 Å². The van der Waals surface area contributed by atoms with E-state index in [0.29, 0.717) is 12.5 Å². The molecule has 6 heteroatoms. The number of nitrogens with zero attached hydrogens (tertiary/aromatic N) is 2. The molecule has 1 saturated heterocycles. The molecule has 1 N–H and O–H groups in total. The molecule has 2 unspecified atom stereocenters. The first-order chi connectivity index (χ1) is 9.38. The first-order valence-corrected chi connectivity index (χ1v) is 8.93. The highest BCUT2D eigenvalue weighted by molar-refractivity contribution is 7.90. The minimum atomic E-state index is -3.06. The summed E-state index contributed by atoms with van der Waals surface area (Å²) in [5, 5.41) is -0.129. The van der Waals surface area contributed by atoms with Crippen molar-refractivity contribution in [1.82, 2.24) is 9.62 Å². The van der Waals surface area contributed by atoms with E-state index in [2.05, 4.69) is 28.5 Å². The van der Waals surface area contributed by atoms with E-state index in [1.807, 2.05) is 6.92 Å². The Labute approximate surface area is 121 Å². The second-order valence-electron chi connectivity index (χ2n) is 6.26. The molecule has 2 atom stereocenters. The van der Waals surface area contributed by atoms with Gasteiger partial charge in [0.25, 0.3) is 0 Å². The molecule has 0 aromatic heterocycles. The first kappa shape index (κ1) is 14.1. The Morgan fingerprint density at radius 2 is 2.05 bits per heavy atom. The third kappa shape index (κ3) is 2.51. The summed E-state index contributed by atoms with van der Waals surface area (Å²) in [6, 6.07) is 0.253. The van der Waals surface area contributed by atoms with Crippen molar-refractivity contribution in [2.75, 3.05) is 13.1 Å². The summed E-state index contributed by atoms with van der Waals surface area (Å²) in [4.78, 5) is 6.89. The molecule has 2 heterocycles. The zero-order valence-corrected chi connectivity index (χ0v) is 13.2. The Bertz CT molecular complexity index is 575. The van der Waals surface area contributed by atoms with Gasteiger partial charge in [-0.2, -0.15) is 0 Å². The highest BCUT2D eigenvalue weighted by Crippen LogP contribution is 2.34. The predicted octanol–water partition coefficient (Wildman–Crippen LogP) is 1.48. The van der Waals surface area contributed by atoms with E-state index in [1.54, 1.807) is 0 Å². The Balaban J connectivity index is 1.66. The molecule has 2 aliphatic heterocycles. The molecule has 0 aromatic carbocycles. The summed E-state index contributed by atoms with van der Waals surface area (Å²) < 4.78 is 26.6. The van der Waals surface area contributed by atoms with E-state index in [1.165, 1.54) is 11.3 Å². The number of amidine groups is 1. The van der Waals surface area contributed by atoms with Gasteiger partial charge < -0.3 is 4.90 Å². The summed E-state index contributed by atoms with van der Waals surface area (Å²) in [5.74, 6) is 1.41. The molecule has 0 spiro atoms. The number of hydrogen-bond acceptors (Lipinski definition) is 4. The largest absolute Gasteiger partial charge is 0.334 e. The molecule has 2 fully saturated rings. The van der Waals surface area contributed by atoms with Gasteiger partial charge in [0.1, 0.15) is 5.84 Å². The third-order valence-electron chi connectivity index (χ3n) is 4.64. The van der Waals surface area contributed by atoms with Crippen LogP contribution in [0, 0.1) is 5.92 Å². The summed E-state index contributed by atoms with van der Waals surface area (Å²) >= 11 is 0. The molecule has 20 heavy (non-hydrogen) atoms. The molecule has 1 saturated carbocycles. The molecule has 0 aromatic rings. The highest BCUT2D eigenvalue weighted by Gasteiger charge is 2.37. The van der Waals surface area contributed by atoms with Crippen molar-refractivity contribution in [3.05, 3.63) is 11.3 Å². The summed E-state index contributed by atoms with van der Waals surface area (Å²) in [5.41, 5.74) is 2.67. The van der Waals surface area contributed by atoms with E-state index in [0.717, 1.165) is 31.6 Å². The lowest BCUT2D eigenvalue weighted by molar-refractivity contribution is 0.479. The predicted molar refractivity (Wildman–Crippen MR) is 80.0 cm³/mol. The topological polar surface area (TPSA) is 61.8 Å². The van der Waals surface area contributed by atoms with Crippen LogP contribution in [-0.4, -0.2) is 43.5 Å². The zero-order valence-electron chi connectivity index (χ0n) is 12.4. The normalized spacial score (nSPS) is 30.6. The van der Waals surface area contributed by atoms with Crippen LogP contribution in [0.3, 0.4) is 0 Å². The first-order valence-electron chi connectivity index (χ1n) is 7.38. The fourth-order valence-electron chi connectivity index (χ4n) is 3.07. The van der Waals surface area contributed by atoms with Gasteiger partial charge in [-0.25, -0.2) is 13.1 Å². The number of hydrogen-bond donors (Lipinski definition) is 1. The molecule has 1 aliphatic carbocycles. The van der Waals surface area contributed by atoms with Crippen LogP contribution in [0.5, 0.6) is 0 Å². The van der Waals surface area contributed by atoms with Crippen LogP contribution in [-0.2, 0) is 10.0 Å². The lowest BCUT2D eigenvalue weighted by Gasteiger charge is -2.28. The molecule has 0 radical (unpaired) electrons. The maximum atomic E-state index is 11.9. The monoisotopic (exact) mass is 297 g/mol. The van der Waals surface area contributed by atoms with E-state index >= 15 is 0 Å². The fraction of sp³-hybridized carbons (Fsp3) is 0.786. The van der Waals surface area contributed by atoms with Gasteiger partial charge in [0.2, 0.25) is 10.0 Å². The van der Waals surface area contributed by atoms with E-state index < -0.39 is 10.0 Å². The van der Waals surface area contributed by atoms with Crippen LogP contribution in [0.2, 0.25) is 0 Å². The van der Waals surface area contributed by atoms with Crippen molar-refractivity contribution < 1.29 is 8.42 Å². The van der Waals surface area contributed by atoms with Gasteiger partial charge in [0, 0.05) is 18.8 Å². The zero-order chi connectivity index (χ0) is 14.5. The molecular weight excluding hydrogens is 274 g/mol. The SMILES string of the molecule is CC1=NC(C)C(C)=C2CC(CNS(=O)(=O)C3CC3)CN12. The number of allylic oxidation sites excluding steroid dienone is 1. The molecule has 3 rings (SSSR count). The molecule has 0 amide bonds. The number of aliphatic imine (C=N–C) groups is 1. The summed E-state index contributed by atoms with van der Waals surface area (Å²) in [6.07, 6.45) is 2.59. The van der Waals surface area contributed by atoms with Crippen LogP contribution in [0.1, 0.15) is 40.0 Å². The standard InChI is InChI=1S/C14H23N3O2S/c1-9-10(2)16-11(3)17-8-12(6-14(9)17)7-15-20(18,19)13-4-5-13/h10,12-13,15H,4-8H2,1-3H3. The van der Waals surface area contributed by atoms with Gasteiger partial charge >= 0.3 is 0 Å². The highest BCUT2D eigenvalue weighted by atomic mass is 32.2. The lowest BCUT2D eigenvalue weighted by Crippen LogP contribution is -2.35. The van der Waals surface area contributed by atoms with Crippen molar-refractivity contribution in [2.45, 2.75) is 51.3 Å². The third-order valence-corrected chi connectivity index (χ3v) is 6.56. The fourth-order valence-corrected chi connectivity index (χ4v) is 4.53. The Kier molecular flexibility index (Phi) is 3.41. The van der Waals surface area contributed by atoms with Gasteiger partial charge in [-0.15, -0.1) is 0 Å². The summed E-state index contributed by atoms with van der Waals surface area (Å²) in [6.45, 7) is 7.72. The van der Waals surface area contributed by atoms with Crippen molar-refractivity contribution in [2.24, 2.45) is 10.9 Å². The van der Waals surface area contributed by atoms with E-state index in [9.17, 15) is 8.42 Å². The maximum absolute atomic E-state index is 11.9. The Morgan fingerprint density at radius 3 is 2.70 bits per heavy atom. The van der Waals surface area contributed by atoms with Crippen molar-refractivity contribution in [1.29, 1.82) is 0 Å². The smallest absolute Gasteiger partial charge is 0.214 e. The van der Waals surface area contributed by atoms with Gasteiger partial charge in [-0.3, -0.25) is 4.99 Å². The lowest BCUT2D eigenvalue weighted by atomic mass is 10.0.